The van der Waals surface area contributed by atoms with E-state index in [0.29, 0.717) is 5.69 Å². The number of rotatable bonds is 3. The second-order valence-corrected chi connectivity index (χ2v) is 6.69. The van der Waals surface area contributed by atoms with Crippen molar-refractivity contribution in [3.63, 3.8) is 0 Å². The number of aryl methyl sites for hydroxylation is 4. The highest BCUT2D eigenvalue weighted by Gasteiger charge is 2.39. The first-order valence-corrected chi connectivity index (χ1v) is 8.13. The molecule has 0 bridgehead atoms. The van der Waals surface area contributed by atoms with Crippen molar-refractivity contribution in [2.45, 2.75) is 40.2 Å². The Morgan fingerprint density at radius 2 is 1.33 bits per heavy atom. The molecule has 4 heteroatoms. The van der Waals surface area contributed by atoms with E-state index in [1.165, 1.54) is 4.90 Å². The fourth-order valence-corrected chi connectivity index (χ4v) is 3.35. The number of hydrogen-bond acceptors (Lipinski definition) is 3. The third kappa shape index (κ3) is 3.18. The Labute approximate surface area is 142 Å². The van der Waals surface area contributed by atoms with E-state index in [9.17, 15) is 9.59 Å². The molecule has 0 saturated carbocycles. The molecule has 124 valence electrons. The molecular weight excluding hydrogens is 300 g/mol. The van der Waals surface area contributed by atoms with Crippen molar-refractivity contribution in [3.05, 3.63) is 58.7 Å². The smallest absolute Gasteiger partial charge is 0.256 e. The predicted molar refractivity (Wildman–Crippen MR) is 96.4 cm³/mol. The van der Waals surface area contributed by atoms with Crippen LogP contribution in [0.2, 0.25) is 0 Å². The van der Waals surface area contributed by atoms with Crippen LogP contribution < -0.4 is 10.2 Å². The largest absolute Gasteiger partial charge is 0.373 e. The van der Waals surface area contributed by atoms with Gasteiger partial charge in [0, 0.05) is 5.69 Å². The Morgan fingerprint density at radius 1 is 0.833 bits per heavy atom. The highest BCUT2D eigenvalue weighted by molar-refractivity contribution is 6.23. The summed E-state index contributed by atoms with van der Waals surface area (Å²) in [4.78, 5) is 26.5. The number of hydrogen-bond donors (Lipinski definition) is 1. The highest BCUT2D eigenvalue weighted by atomic mass is 16.2. The van der Waals surface area contributed by atoms with Crippen LogP contribution >= 0.6 is 0 Å². The van der Waals surface area contributed by atoms with E-state index in [1.54, 1.807) is 0 Å². The SMILES string of the molecule is Cc1cc(C)cc(NC2CC(=O)N(c3cc(C)cc(C)c3)C2=O)c1. The summed E-state index contributed by atoms with van der Waals surface area (Å²) in [5, 5.41) is 3.22. The Bertz CT molecular complexity index is 786. The lowest BCUT2D eigenvalue weighted by molar-refractivity contribution is -0.121. The van der Waals surface area contributed by atoms with Crippen molar-refractivity contribution in [1.82, 2.24) is 0 Å². The van der Waals surface area contributed by atoms with E-state index in [2.05, 4.69) is 11.4 Å². The summed E-state index contributed by atoms with van der Waals surface area (Å²) in [5.74, 6) is -0.351. The van der Waals surface area contributed by atoms with Crippen molar-refractivity contribution in [1.29, 1.82) is 0 Å². The molecule has 1 heterocycles. The van der Waals surface area contributed by atoms with E-state index in [-0.39, 0.29) is 18.2 Å². The summed E-state index contributed by atoms with van der Waals surface area (Å²) in [6.07, 6.45) is 0.179. The van der Waals surface area contributed by atoms with Gasteiger partial charge in [-0.25, -0.2) is 4.90 Å². The molecule has 0 radical (unpaired) electrons. The maximum atomic E-state index is 12.8. The predicted octanol–water partition coefficient (Wildman–Crippen LogP) is 3.66. The van der Waals surface area contributed by atoms with Gasteiger partial charge in [-0.2, -0.15) is 0 Å². The van der Waals surface area contributed by atoms with Gasteiger partial charge >= 0.3 is 0 Å². The number of nitrogens with one attached hydrogen (secondary N) is 1. The van der Waals surface area contributed by atoms with Crippen molar-refractivity contribution in [2.24, 2.45) is 0 Å². The Morgan fingerprint density at radius 3 is 1.88 bits per heavy atom. The number of imide groups is 1. The molecule has 0 spiro atoms. The first kappa shape index (κ1) is 16.2. The standard InChI is InChI=1S/C20H22N2O2/c1-12-5-13(2)8-16(7-12)21-18-11-19(23)22(20(18)24)17-9-14(3)6-15(4)10-17/h5-10,18,21H,11H2,1-4H3. The minimum atomic E-state index is -0.514. The van der Waals surface area contributed by atoms with Gasteiger partial charge in [0.1, 0.15) is 6.04 Å². The molecule has 1 atom stereocenters. The van der Waals surface area contributed by atoms with Crippen LogP contribution in [0.4, 0.5) is 11.4 Å². The lowest BCUT2D eigenvalue weighted by Gasteiger charge is -2.17. The monoisotopic (exact) mass is 322 g/mol. The van der Waals surface area contributed by atoms with Crippen LogP contribution in [-0.2, 0) is 9.59 Å². The maximum absolute atomic E-state index is 12.8. The number of benzene rings is 2. The molecule has 1 fully saturated rings. The quantitative estimate of drug-likeness (QED) is 0.877. The zero-order valence-electron chi connectivity index (χ0n) is 14.5. The van der Waals surface area contributed by atoms with Gasteiger partial charge in [0.15, 0.2) is 0 Å². The van der Waals surface area contributed by atoms with Crippen LogP contribution in [0.3, 0.4) is 0 Å². The molecule has 1 aliphatic heterocycles. The van der Waals surface area contributed by atoms with Crippen LogP contribution in [0, 0.1) is 27.7 Å². The second kappa shape index (κ2) is 6.11. The second-order valence-electron chi connectivity index (χ2n) is 6.69. The Hall–Kier alpha value is -2.62. The fraction of sp³-hybridized carbons (Fsp3) is 0.300. The van der Waals surface area contributed by atoms with Gasteiger partial charge in [-0.1, -0.05) is 12.1 Å². The fourth-order valence-electron chi connectivity index (χ4n) is 3.35. The molecule has 2 aromatic carbocycles. The van der Waals surface area contributed by atoms with Crippen LogP contribution in [0.5, 0.6) is 0 Å². The zero-order chi connectivity index (χ0) is 17.4. The van der Waals surface area contributed by atoms with E-state index < -0.39 is 6.04 Å². The molecule has 4 nitrogen and oxygen atoms in total. The summed E-state index contributed by atoms with van der Waals surface area (Å²) in [7, 11) is 0. The van der Waals surface area contributed by atoms with Crippen LogP contribution in [0.15, 0.2) is 36.4 Å². The number of carbonyl (C=O) groups is 2. The molecule has 1 saturated heterocycles. The number of amides is 2. The first-order chi connectivity index (χ1) is 11.3. The summed E-state index contributed by atoms with van der Waals surface area (Å²) < 4.78 is 0. The normalized spacial score (nSPS) is 17.5. The minimum Gasteiger partial charge on any atom is -0.373 e. The van der Waals surface area contributed by atoms with Gasteiger partial charge in [0.05, 0.1) is 12.1 Å². The van der Waals surface area contributed by atoms with E-state index in [1.807, 2.05) is 58.0 Å². The summed E-state index contributed by atoms with van der Waals surface area (Å²) in [6.45, 7) is 7.96. The highest BCUT2D eigenvalue weighted by Crippen LogP contribution is 2.27. The first-order valence-electron chi connectivity index (χ1n) is 8.13. The molecule has 1 unspecified atom stereocenters. The Kier molecular flexibility index (Phi) is 4.14. The minimum absolute atomic E-state index is 0.160. The molecule has 2 aromatic rings. The topological polar surface area (TPSA) is 49.4 Å². The molecule has 1 aliphatic rings. The third-order valence-electron chi connectivity index (χ3n) is 4.17. The number of nitrogens with zero attached hydrogens (tertiary/aromatic N) is 1. The van der Waals surface area contributed by atoms with Gasteiger partial charge in [0.2, 0.25) is 5.91 Å². The van der Waals surface area contributed by atoms with E-state index >= 15 is 0 Å². The van der Waals surface area contributed by atoms with Gasteiger partial charge < -0.3 is 5.32 Å². The van der Waals surface area contributed by atoms with Crippen LogP contribution in [0.25, 0.3) is 0 Å². The van der Waals surface area contributed by atoms with Crippen LogP contribution in [0.1, 0.15) is 28.7 Å². The molecule has 0 aromatic heterocycles. The number of anilines is 2. The van der Waals surface area contributed by atoms with Gasteiger partial charge in [-0.15, -0.1) is 0 Å². The summed E-state index contributed by atoms with van der Waals surface area (Å²) in [6, 6.07) is 11.3. The van der Waals surface area contributed by atoms with Gasteiger partial charge in [-0.3, -0.25) is 9.59 Å². The molecule has 24 heavy (non-hydrogen) atoms. The lowest BCUT2D eigenvalue weighted by Crippen LogP contribution is -2.34. The average Bonchev–Trinajstić information content (AvgIpc) is 2.71. The maximum Gasteiger partial charge on any atom is 0.256 e. The van der Waals surface area contributed by atoms with Crippen molar-refractivity contribution in [2.75, 3.05) is 10.2 Å². The van der Waals surface area contributed by atoms with Gasteiger partial charge in [-0.05, 0) is 74.2 Å². The average molecular weight is 322 g/mol. The van der Waals surface area contributed by atoms with E-state index in [0.717, 1.165) is 27.9 Å². The molecule has 0 aliphatic carbocycles. The molecule has 1 N–H and O–H groups in total. The van der Waals surface area contributed by atoms with Crippen molar-refractivity contribution < 1.29 is 9.59 Å². The van der Waals surface area contributed by atoms with Crippen molar-refractivity contribution >= 4 is 23.2 Å². The molecule has 3 rings (SSSR count). The number of carbonyl (C=O) groups excluding carboxylic acids is 2. The lowest BCUT2D eigenvalue weighted by atomic mass is 10.1. The summed E-state index contributed by atoms with van der Waals surface area (Å²) in [5.41, 5.74) is 5.86. The van der Waals surface area contributed by atoms with Crippen molar-refractivity contribution in [3.8, 4) is 0 Å². The molecule has 2 amide bonds. The molecular formula is C20H22N2O2. The van der Waals surface area contributed by atoms with E-state index in [4.69, 9.17) is 0 Å². The zero-order valence-corrected chi connectivity index (χ0v) is 14.5. The van der Waals surface area contributed by atoms with Gasteiger partial charge in [0.25, 0.3) is 5.91 Å². The Balaban J connectivity index is 1.86. The van der Waals surface area contributed by atoms with Crippen LogP contribution in [-0.4, -0.2) is 17.9 Å². The summed E-state index contributed by atoms with van der Waals surface area (Å²) >= 11 is 0. The third-order valence-corrected chi connectivity index (χ3v) is 4.17.